The predicted molar refractivity (Wildman–Crippen MR) is 90.7 cm³/mol. The summed E-state index contributed by atoms with van der Waals surface area (Å²) >= 11 is 0. The number of rotatable bonds is 5. The van der Waals surface area contributed by atoms with Crippen molar-refractivity contribution in [3.8, 4) is 0 Å². The fourth-order valence-corrected chi connectivity index (χ4v) is 1.59. The van der Waals surface area contributed by atoms with Crippen LogP contribution < -0.4 is 0 Å². The molecule has 19 heavy (non-hydrogen) atoms. The van der Waals surface area contributed by atoms with E-state index in [1.165, 1.54) is 22.3 Å². The number of benzene rings is 1. The van der Waals surface area contributed by atoms with E-state index >= 15 is 0 Å². The van der Waals surface area contributed by atoms with Gasteiger partial charge >= 0.3 is 0 Å². The van der Waals surface area contributed by atoms with Crippen molar-refractivity contribution in [2.75, 3.05) is 0 Å². The summed E-state index contributed by atoms with van der Waals surface area (Å²) in [5, 5.41) is 0. The maximum Gasteiger partial charge on any atom is -0.00696 e. The molecule has 1 rings (SSSR count). The number of allylic oxidation sites excluding steroid dienone is 2. The van der Waals surface area contributed by atoms with Crippen LogP contribution in [0.3, 0.4) is 0 Å². The van der Waals surface area contributed by atoms with Crippen LogP contribution in [0.4, 0.5) is 0 Å². The summed E-state index contributed by atoms with van der Waals surface area (Å²) in [5.41, 5.74) is 5.21. The fourth-order valence-electron chi connectivity index (χ4n) is 1.59. The van der Waals surface area contributed by atoms with Crippen LogP contribution in [0, 0.1) is 6.92 Å². The van der Waals surface area contributed by atoms with Crippen LogP contribution in [0.25, 0.3) is 0 Å². The van der Waals surface area contributed by atoms with Crippen LogP contribution >= 0.6 is 0 Å². The number of hydrogen-bond donors (Lipinski definition) is 0. The molecule has 0 saturated carbocycles. The average molecular weight is 258 g/mol. The van der Waals surface area contributed by atoms with E-state index in [1.54, 1.807) is 0 Å². The van der Waals surface area contributed by atoms with Crippen molar-refractivity contribution in [2.24, 2.45) is 0 Å². The monoisotopic (exact) mass is 258 g/mol. The van der Waals surface area contributed by atoms with Gasteiger partial charge in [-0.25, -0.2) is 0 Å². The molecular weight excluding hydrogens is 228 g/mol. The first-order chi connectivity index (χ1) is 9.08. The van der Waals surface area contributed by atoms with E-state index in [2.05, 4.69) is 64.4 Å². The molecule has 0 spiro atoms. The summed E-state index contributed by atoms with van der Waals surface area (Å²) in [7, 11) is 0. The lowest BCUT2D eigenvalue weighted by atomic mass is 10.00. The molecule has 0 nitrogen and oxygen atoms in total. The molecule has 0 atom stereocenters. The van der Waals surface area contributed by atoms with Crippen molar-refractivity contribution in [2.45, 2.75) is 47.0 Å². The van der Waals surface area contributed by atoms with Gasteiger partial charge in [-0.3, -0.25) is 0 Å². The van der Waals surface area contributed by atoms with E-state index in [1.807, 2.05) is 13.8 Å². The molecule has 1 aromatic carbocycles. The summed E-state index contributed by atoms with van der Waals surface area (Å²) in [6, 6.07) is 8.63. The van der Waals surface area contributed by atoms with Gasteiger partial charge in [-0.2, -0.15) is 0 Å². The summed E-state index contributed by atoms with van der Waals surface area (Å²) in [5.74, 6) is 0. The molecule has 0 aliphatic rings. The highest BCUT2D eigenvalue weighted by Crippen LogP contribution is 2.14. The molecule has 0 aliphatic heterocycles. The van der Waals surface area contributed by atoms with E-state index in [-0.39, 0.29) is 0 Å². The Balaban J connectivity index is 0. The first-order valence-electron chi connectivity index (χ1n) is 6.94. The Bertz CT molecular complexity index is 371. The van der Waals surface area contributed by atoms with Crippen LogP contribution in [0.1, 0.15) is 44.7 Å². The van der Waals surface area contributed by atoms with E-state index in [9.17, 15) is 0 Å². The molecule has 0 fully saturated rings. The number of aryl methyl sites for hydroxylation is 1. The summed E-state index contributed by atoms with van der Waals surface area (Å²) in [4.78, 5) is 0. The molecule has 0 amide bonds. The van der Waals surface area contributed by atoms with Gasteiger partial charge in [0.25, 0.3) is 0 Å². The molecule has 0 unspecified atom stereocenters. The zero-order valence-electron chi connectivity index (χ0n) is 13.3. The van der Waals surface area contributed by atoms with E-state index in [4.69, 9.17) is 0 Å². The van der Waals surface area contributed by atoms with Gasteiger partial charge in [-0.1, -0.05) is 61.4 Å². The van der Waals surface area contributed by atoms with Crippen LogP contribution in [0.5, 0.6) is 0 Å². The van der Waals surface area contributed by atoms with Gasteiger partial charge in [-0.05, 0) is 38.7 Å². The Kier molecular flexibility index (Phi) is 13.4. The van der Waals surface area contributed by atoms with E-state index in [0.29, 0.717) is 0 Å². The average Bonchev–Trinajstić information content (AvgIpc) is 2.41. The van der Waals surface area contributed by atoms with Crippen molar-refractivity contribution in [1.82, 2.24) is 0 Å². The lowest BCUT2D eigenvalue weighted by Gasteiger charge is -2.06. The lowest BCUT2D eigenvalue weighted by Crippen LogP contribution is -1.90. The Morgan fingerprint density at radius 3 is 2.11 bits per heavy atom. The summed E-state index contributed by atoms with van der Waals surface area (Å²) in [6.07, 6.45) is 3.11. The highest BCUT2D eigenvalue weighted by atomic mass is 14.0. The molecule has 0 radical (unpaired) electrons. The Morgan fingerprint density at radius 2 is 1.63 bits per heavy atom. The zero-order chi connectivity index (χ0) is 15.3. The molecular formula is C19H30. The molecule has 0 aromatic heterocycles. The number of hydrogen-bond acceptors (Lipinski definition) is 0. The maximum absolute atomic E-state index is 4.11. The molecule has 0 heteroatoms. The maximum atomic E-state index is 4.11. The Morgan fingerprint density at radius 1 is 1.05 bits per heavy atom. The van der Waals surface area contributed by atoms with Crippen LogP contribution in [0.15, 0.2) is 61.7 Å². The van der Waals surface area contributed by atoms with Gasteiger partial charge in [0, 0.05) is 0 Å². The minimum Gasteiger partial charge on any atom is -0.106 e. The van der Waals surface area contributed by atoms with Gasteiger partial charge < -0.3 is 0 Å². The standard InChI is InChI=1S/C15H20.C2H6.C2H4/c1-12(2)8-9-14(4)11-15-7-5-6-13(3)10-15;2*1-2/h5-7,10H,1,4,8-9,11H2,2-3H3;1-2H3;1-2H2. The minimum absolute atomic E-state index is 0.995. The second kappa shape index (κ2) is 12.9. The van der Waals surface area contributed by atoms with Crippen molar-refractivity contribution < 1.29 is 0 Å². The van der Waals surface area contributed by atoms with Gasteiger partial charge in [0.05, 0.1) is 0 Å². The second-order valence-electron chi connectivity index (χ2n) is 4.37. The zero-order valence-corrected chi connectivity index (χ0v) is 13.3. The third-order valence-electron chi connectivity index (χ3n) is 2.44. The summed E-state index contributed by atoms with van der Waals surface area (Å²) < 4.78 is 0. The van der Waals surface area contributed by atoms with Gasteiger partial charge in [-0.15, -0.1) is 19.7 Å². The Hall–Kier alpha value is -1.56. The first kappa shape index (κ1) is 19.8. The molecule has 0 heterocycles. The smallest absolute Gasteiger partial charge is 0.00696 e. The first-order valence-corrected chi connectivity index (χ1v) is 6.94. The predicted octanol–water partition coefficient (Wildman–Crippen LogP) is 6.28. The van der Waals surface area contributed by atoms with Crippen LogP contribution in [-0.2, 0) is 6.42 Å². The summed E-state index contributed by atoms with van der Waals surface area (Å²) in [6.45, 7) is 22.2. The largest absolute Gasteiger partial charge is 0.106 e. The van der Waals surface area contributed by atoms with Crippen molar-refractivity contribution in [3.63, 3.8) is 0 Å². The van der Waals surface area contributed by atoms with Crippen LogP contribution in [-0.4, -0.2) is 0 Å². The molecule has 0 bridgehead atoms. The fraction of sp³-hybridized carbons (Fsp3) is 0.368. The lowest BCUT2D eigenvalue weighted by molar-refractivity contribution is 0.894. The Labute approximate surface area is 120 Å². The van der Waals surface area contributed by atoms with E-state index in [0.717, 1.165) is 19.3 Å². The molecule has 106 valence electrons. The molecule has 0 N–H and O–H groups in total. The normalized spacial score (nSPS) is 8.42. The topological polar surface area (TPSA) is 0 Å². The quantitative estimate of drug-likeness (QED) is 0.545. The minimum atomic E-state index is 0.995. The van der Waals surface area contributed by atoms with Gasteiger partial charge in [0.1, 0.15) is 0 Å². The van der Waals surface area contributed by atoms with E-state index < -0.39 is 0 Å². The molecule has 1 aromatic rings. The third-order valence-corrected chi connectivity index (χ3v) is 2.44. The van der Waals surface area contributed by atoms with Gasteiger partial charge in [0.2, 0.25) is 0 Å². The highest BCUT2D eigenvalue weighted by molar-refractivity contribution is 5.25. The third kappa shape index (κ3) is 11.3. The second-order valence-corrected chi connectivity index (χ2v) is 4.37. The highest BCUT2D eigenvalue weighted by Gasteiger charge is 1.98. The van der Waals surface area contributed by atoms with Crippen molar-refractivity contribution in [1.29, 1.82) is 0 Å². The van der Waals surface area contributed by atoms with Crippen LogP contribution in [0.2, 0.25) is 0 Å². The molecule has 0 saturated heterocycles. The van der Waals surface area contributed by atoms with Crippen molar-refractivity contribution >= 4 is 0 Å². The SMILES string of the molecule is C=C.C=C(C)CCC(=C)Cc1cccc(C)c1.CC. The molecule has 0 aliphatic carbocycles. The van der Waals surface area contributed by atoms with Gasteiger partial charge in [0.15, 0.2) is 0 Å². The van der Waals surface area contributed by atoms with Crippen molar-refractivity contribution in [3.05, 3.63) is 72.9 Å².